The fourth-order valence-electron chi connectivity index (χ4n) is 1.98. The molecule has 1 aliphatic rings. The molecule has 0 fully saturated rings. The first-order valence-electron chi connectivity index (χ1n) is 5.49. The molecule has 3 nitrogen and oxygen atoms in total. The minimum absolute atomic E-state index is 0.219. The molecule has 17 heavy (non-hydrogen) atoms. The molecular formula is C13H14N2OS. The Balaban J connectivity index is 2.56. The Morgan fingerprint density at radius 3 is 2.82 bits per heavy atom. The summed E-state index contributed by atoms with van der Waals surface area (Å²) in [5, 5.41) is 9.16. The summed E-state index contributed by atoms with van der Waals surface area (Å²) in [6.07, 6.45) is 1.80. The van der Waals surface area contributed by atoms with Crippen molar-refractivity contribution < 1.29 is 4.74 Å². The topological polar surface area (TPSA) is 59.0 Å². The van der Waals surface area contributed by atoms with Crippen LogP contribution in [0.15, 0.2) is 12.1 Å². The molecule has 0 aromatic heterocycles. The standard InChI is InChI=1S/C13H14N2OS/c1-13(2)4-3-8-5-9(12(15)17)6-10(7-14)11(8)16-13/h5-6H,3-4H2,1-2H3,(H2,15,17). The van der Waals surface area contributed by atoms with Crippen molar-refractivity contribution in [3.63, 3.8) is 0 Å². The predicted octanol–water partition coefficient (Wildman–Crippen LogP) is 2.30. The van der Waals surface area contributed by atoms with E-state index < -0.39 is 0 Å². The molecule has 0 aliphatic carbocycles. The molecular weight excluding hydrogens is 232 g/mol. The van der Waals surface area contributed by atoms with Gasteiger partial charge < -0.3 is 10.5 Å². The highest BCUT2D eigenvalue weighted by Crippen LogP contribution is 2.36. The quantitative estimate of drug-likeness (QED) is 0.772. The van der Waals surface area contributed by atoms with Crippen LogP contribution in [0.4, 0.5) is 0 Å². The van der Waals surface area contributed by atoms with Gasteiger partial charge in [0.25, 0.3) is 0 Å². The second kappa shape index (κ2) is 4.01. The van der Waals surface area contributed by atoms with E-state index in [2.05, 4.69) is 6.07 Å². The van der Waals surface area contributed by atoms with Crippen LogP contribution in [0, 0.1) is 11.3 Å². The van der Waals surface area contributed by atoms with E-state index in [1.807, 2.05) is 19.9 Å². The van der Waals surface area contributed by atoms with Crippen LogP contribution >= 0.6 is 12.2 Å². The van der Waals surface area contributed by atoms with Crippen LogP contribution in [0.2, 0.25) is 0 Å². The number of nitrogens with zero attached hydrogens (tertiary/aromatic N) is 1. The van der Waals surface area contributed by atoms with E-state index in [0.717, 1.165) is 24.0 Å². The Morgan fingerprint density at radius 2 is 2.24 bits per heavy atom. The zero-order valence-electron chi connectivity index (χ0n) is 9.91. The molecule has 0 amide bonds. The molecule has 4 heteroatoms. The van der Waals surface area contributed by atoms with E-state index in [1.165, 1.54) is 0 Å². The third kappa shape index (κ3) is 2.25. The van der Waals surface area contributed by atoms with Gasteiger partial charge in [-0.2, -0.15) is 5.26 Å². The maximum Gasteiger partial charge on any atom is 0.141 e. The summed E-state index contributed by atoms with van der Waals surface area (Å²) >= 11 is 4.95. The summed E-state index contributed by atoms with van der Waals surface area (Å²) in [7, 11) is 0. The molecule has 88 valence electrons. The van der Waals surface area contributed by atoms with Crippen molar-refractivity contribution in [2.75, 3.05) is 0 Å². The van der Waals surface area contributed by atoms with Gasteiger partial charge in [0.1, 0.15) is 22.4 Å². The first-order valence-corrected chi connectivity index (χ1v) is 5.89. The number of thiocarbonyl (C=S) groups is 1. The van der Waals surface area contributed by atoms with Gasteiger partial charge in [-0.1, -0.05) is 12.2 Å². The van der Waals surface area contributed by atoms with Crippen LogP contribution in [0.5, 0.6) is 5.75 Å². The van der Waals surface area contributed by atoms with Gasteiger partial charge in [0.15, 0.2) is 0 Å². The third-order valence-corrected chi connectivity index (χ3v) is 3.18. The summed E-state index contributed by atoms with van der Waals surface area (Å²) in [6, 6.07) is 5.77. The highest BCUT2D eigenvalue weighted by atomic mass is 32.1. The van der Waals surface area contributed by atoms with Crippen molar-refractivity contribution in [1.82, 2.24) is 0 Å². The minimum Gasteiger partial charge on any atom is -0.486 e. The molecule has 0 saturated heterocycles. The summed E-state index contributed by atoms with van der Waals surface area (Å²) < 4.78 is 5.87. The van der Waals surface area contributed by atoms with Crippen LogP contribution in [-0.2, 0) is 6.42 Å². The zero-order chi connectivity index (χ0) is 12.6. The second-order valence-electron chi connectivity index (χ2n) is 4.85. The molecule has 0 atom stereocenters. The monoisotopic (exact) mass is 246 g/mol. The maximum atomic E-state index is 9.16. The SMILES string of the molecule is CC1(C)CCc2cc(C(N)=S)cc(C#N)c2O1. The molecule has 1 heterocycles. The number of aryl methyl sites for hydroxylation is 1. The van der Waals surface area contributed by atoms with Gasteiger partial charge in [-0.05, 0) is 44.4 Å². The Morgan fingerprint density at radius 1 is 1.53 bits per heavy atom. The number of nitrogens with two attached hydrogens (primary N) is 1. The van der Waals surface area contributed by atoms with Crippen molar-refractivity contribution >= 4 is 17.2 Å². The number of rotatable bonds is 1. The number of ether oxygens (including phenoxy) is 1. The molecule has 0 unspecified atom stereocenters. The molecule has 1 aromatic rings. The van der Waals surface area contributed by atoms with E-state index in [0.29, 0.717) is 16.3 Å². The molecule has 2 rings (SSSR count). The van der Waals surface area contributed by atoms with Gasteiger partial charge in [-0.3, -0.25) is 0 Å². The largest absolute Gasteiger partial charge is 0.486 e. The van der Waals surface area contributed by atoms with Gasteiger partial charge in [-0.25, -0.2) is 0 Å². The number of hydrogen-bond donors (Lipinski definition) is 1. The van der Waals surface area contributed by atoms with E-state index in [-0.39, 0.29) is 5.60 Å². The maximum absolute atomic E-state index is 9.16. The number of hydrogen-bond acceptors (Lipinski definition) is 3. The summed E-state index contributed by atoms with van der Waals surface area (Å²) in [4.78, 5) is 0.314. The molecule has 0 bridgehead atoms. The van der Waals surface area contributed by atoms with Gasteiger partial charge >= 0.3 is 0 Å². The van der Waals surface area contributed by atoms with Crippen molar-refractivity contribution in [1.29, 1.82) is 5.26 Å². The minimum atomic E-state index is -0.219. The average molecular weight is 246 g/mol. The number of fused-ring (bicyclic) bond motifs is 1. The first kappa shape index (κ1) is 11.9. The summed E-state index contributed by atoms with van der Waals surface area (Å²) in [5.74, 6) is 0.684. The first-order chi connectivity index (χ1) is 7.93. The van der Waals surface area contributed by atoms with Crippen LogP contribution < -0.4 is 10.5 Å². The number of benzene rings is 1. The Hall–Kier alpha value is -1.60. The highest BCUT2D eigenvalue weighted by molar-refractivity contribution is 7.80. The molecule has 0 radical (unpaired) electrons. The molecule has 1 aliphatic heterocycles. The van der Waals surface area contributed by atoms with E-state index in [4.69, 9.17) is 28.0 Å². The van der Waals surface area contributed by atoms with E-state index in [1.54, 1.807) is 6.07 Å². The van der Waals surface area contributed by atoms with Crippen LogP contribution in [0.1, 0.15) is 37.0 Å². The average Bonchev–Trinajstić information content (AvgIpc) is 2.26. The zero-order valence-corrected chi connectivity index (χ0v) is 10.7. The lowest BCUT2D eigenvalue weighted by molar-refractivity contribution is 0.0843. The lowest BCUT2D eigenvalue weighted by atomic mass is 9.91. The van der Waals surface area contributed by atoms with Crippen molar-refractivity contribution in [3.8, 4) is 11.8 Å². The van der Waals surface area contributed by atoms with Crippen LogP contribution in [-0.4, -0.2) is 10.6 Å². The Kier molecular flexibility index (Phi) is 2.80. The lowest BCUT2D eigenvalue weighted by Crippen LogP contribution is -2.33. The van der Waals surface area contributed by atoms with Gasteiger partial charge in [0, 0.05) is 5.56 Å². The summed E-state index contributed by atoms with van der Waals surface area (Å²) in [5.41, 5.74) is 7.65. The molecule has 1 aromatic carbocycles. The second-order valence-corrected chi connectivity index (χ2v) is 5.29. The lowest BCUT2D eigenvalue weighted by Gasteiger charge is -2.33. The smallest absolute Gasteiger partial charge is 0.141 e. The van der Waals surface area contributed by atoms with Gasteiger partial charge in [-0.15, -0.1) is 0 Å². The van der Waals surface area contributed by atoms with Crippen molar-refractivity contribution in [2.24, 2.45) is 5.73 Å². The fourth-order valence-corrected chi connectivity index (χ4v) is 2.10. The molecule has 0 spiro atoms. The van der Waals surface area contributed by atoms with Gasteiger partial charge in [0.2, 0.25) is 0 Å². The predicted molar refractivity (Wildman–Crippen MR) is 70.1 cm³/mol. The number of nitriles is 1. The van der Waals surface area contributed by atoms with Crippen LogP contribution in [0.3, 0.4) is 0 Å². The Bertz CT molecular complexity index is 529. The third-order valence-electron chi connectivity index (χ3n) is 2.95. The normalized spacial score (nSPS) is 16.5. The van der Waals surface area contributed by atoms with E-state index in [9.17, 15) is 0 Å². The van der Waals surface area contributed by atoms with Crippen molar-refractivity contribution in [2.45, 2.75) is 32.3 Å². The highest BCUT2D eigenvalue weighted by Gasteiger charge is 2.28. The van der Waals surface area contributed by atoms with Crippen molar-refractivity contribution in [3.05, 3.63) is 28.8 Å². The van der Waals surface area contributed by atoms with Crippen LogP contribution in [0.25, 0.3) is 0 Å². The fraction of sp³-hybridized carbons (Fsp3) is 0.385. The Labute approximate surface area is 106 Å². The molecule has 0 saturated carbocycles. The molecule has 2 N–H and O–H groups in total. The van der Waals surface area contributed by atoms with Gasteiger partial charge in [0.05, 0.1) is 5.56 Å². The van der Waals surface area contributed by atoms with E-state index >= 15 is 0 Å². The summed E-state index contributed by atoms with van der Waals surface area (Å²) in [6.45, 7) is 4.05.